The molecule has 3 N–H and O–H groups in total. The molecule has 1 aliphatic heterocycles. The predicted molar refractivity (Wildman–Crippen MR) is 151 cm³/mol. The van der Waals surface area contributed by atoms with Gasteiger partial charge in [0.15, 0.2) is 29.4 Å². The fraction of sp³-hybridized carbons (Fsp3) is 0.500. The van der Waals surface area contributed by atoms with Gasteiger partial charge in [0.25, 0.3) is 0 Å². The molecular formula is C24H31ClFN6O6PS. The van der Waals surface area contributed by atoms with Crippen molar-refractivity contribution in [1.29, 1.82) is 0 Å². The largest absolute Gasteiger partial charge is 0.465 e. The summed E-state index contributed by atoms with van der Waals surface area (Å²) < 4.78 is 40.2. The third kappa shape index (κ3) is 6.23. The van der Waals surface area contributed by atoms with Crippen molar-refractivity contribution in [2.75, 3.05) is 31.5 Å². The SMILES string of the molecule is CCOC(=O)[C@H](C)N[P@@](=S)(OC[C@@]1(CCl)O[C@@H](n2cnc3c(NC)nc(C)nc32)[C@H](F)[C@@H]1O)Oc1ccccc1. The molecule has 0 aliphatic carbocycles. The Morgan fingerprint density at radius 1 is 1.38 bits per heavy atom. The maximum Gasteiger partial charge on any atom is 0.323 e. The van der Waals surface area contributed by atoms with E-state index in [1.165, 1.54) is 10.9 Å². The summed E-state index contributed by atoms with van der Waals surface area (Å²) in [5.74, 6) is 0.364. The summed E-state index contributed by atoms with van der Waals surface area (Å²) in [6, 6.07) is 7.73. The van der Waals surface area contributed by atoms with Crippen LogP contribution in [0, 0.1) is 6.92 Å². The maximum atomic E-state index is 15.7. The smallest absolute Gasteiger partial charge is 0.323 e. The van der Waals surface area contributed by atoms with E-state index in [-0.39, 0.29) is 12.5 Å². The van der Waals surface area contributed by atoms with Gasteiger partial charge in [-0.05, 0) is 44.7 Å². The molecule has 1 aromatic carbocycles. The molecular weight excluding hydrogens is 586 g/mol. The first kappa shape index (κ1) is 30.5. The van der Waals surface area contributed by atoms with E-state index in [9.17, 15) is 9.90 Å². The highest BCUT2D eigenvalue weighted by Crippen LogP contribution is 2.49. The second-order valence-electron chi connectivity index (χ2n) is 9.07. The molecule has 0 bridgehead atoms. The van der Waals surface area contributed by atoms with Gasteiger partial charge in [-0.3, -0.25) is 9.36 Å². The highest BCUT2D eigenvalue weighted by atomic mass is 35.5. The number of anilines is 1. The van der Waals surface area contributed by atoms with Crippen LogP contribution in [0.1, 0.15) is 25.9 Å². The van der Waals surface area contributed by atoms with Gasteiger partial charge in [-0.25, -0.2) is 24.4 Å². The number of nitrogens with one attached hydrogen (secondary N) is 2. The summed E-state index contributed by atoms with van der Waals surface area (Å²) in [4.78, 5) is 25.3. The monoisotopic (exact) mass is 616 g/mol. The van der Waals surface area contributed by atoms with Crippen molar-refractivity contribution in [3.05, 3.63) is 42.5 Å². The fourth-order valence-corrected chi connectivity index (χ4v) is 6.88. The normalized spacial score (nSPS) is 24.9. The highest BCUT2D eigenvalue weighted by Gasteiger charge is 2.57. The molecule has 6 atom stereocenters. The number of carbonyl (C=O) groups is 1. The summed E-state index contributed by atoms with van der Waals surface area (Å²) in [6.45, 7) is 1.14. The molecule has 40 heavy (non-hydrogen) atoms. The van der Waals surface area contributed by atoms with E-state index < -0.39 is 49.4 Å². The summed E-state index contributed by atoms with van der Waals surface area (Å²) >= 11 is 12.0. The third-order valence-electron chi connectivity index (χ3n) is 6.18. The molecule has 0 spiro atoms. The summed E-state index contributed by atoms with van der Waals surface area (Å²) in [5, 5.41) is 16.9. The quantitative estimate of drug-likeness (QED) is 0.156. The standard InChI is InChI=1S/C24H31ClFN6O6PS/c1-5-35-23(34)14(2)31-39(40,38-16-9-7-6-8-10-16)36-12-24(11-25)19(33)17(26)22(37-24)32-13-28-18-20(27-4)29-15(3)30-21(18)32/h6-10,13-14,17,19,22,33H,5,11-12H2,1-4H3,(H,31,40)(H,27,29,30)/t14-,17+,19-,22+,24+,39+/m0/s1. The van der Waals surface area contributed by atoms with Gasteiger partial charge in [0.2, 0.25) is 0 Å². The van der Waals surface area contributed by atoms with E-state index in [1.54, 1.807) is 58.2 Å². The average molecular weight is 617 g/mol. The fourth-order valence-electron chi connectivity index (χ4n) is 4.15. The maximum absolute atomic E-state index is 15.7. The summed E-state index contributed by atoms with van der Waals surface area (Å²) in [5.41, 5.74) is -1.01. The van der Waals surface area contributed by atoms with Crippen LogP contribution in [-0.2, 0) is 30.6 Å². The second kappa shape index (κ2) is 12.6. The Morgan fingerprint density at radius 2 is 2.10 bits per heavy atom. The Kier molecular flexibility index (Phi) is 9.61. The number of para-hydroxylation sites is 1. The minimum atomic E-state index is -3.50. The molecule has 1 fully saturated rings. The lowest BCUT2D eigenvalue weighted by atomic mass is 9.99. The number of aliphatic hydroxyl groups excluding tert-OH is 1. The Hall–Kier alpha value is -2.45. The van der Waals surface area contributed by atoms with Gasteiger partial charge >= 0.3 is 12.6 Å². The van der Waals surface area contributed by atoms with E-state index >= 15 is 4.39 Å². The molecule has 218 valence electrons. The first-order chi connectivity index (χ1) is 19.1. The van der Waals surface area contributed by atoms with E-state index in [0.717, 1.165) is 0 Å². The number of halogens is 2. The first-order valence-electron chi connectivity index (χ1n) is 12.4. The van der Waals surface area contributed by atoms with Gasteiger partial charge < -0.3 is 28.9 Å². The topological polar surface area (TPSA) is 142 Å². The number of rotatable bonds is 12. The van der Waals surface area contributed by atoms with Crippen LogP contribution in [0.2, 0.25) is 0 Å². The number of nitrogens with zero attached hydrogens (tertiary/aromatic N) is 4. The second-order valence-corrected chi connectivity index (χ2v) is 12.5. The van der Waals surface area contributed by atoms with Crippen molar-refractivity contribution < 1.29 is 32.8 Å². The molecule has 2 aromatic heterocycles. The average Bonchev–Trinajstić information content (AvgIpc) is 3.46. The van der Waals surface area contributed by atoms with Gasteiger partial charge in [0, 0.05) is 7.05 Å². The number of alkyl halides is 2. The van der Waals surface area contributed by atoms with Crippen LogP contribution in [0.15, 0.2) is 36.7 Å². The number of carbonyl (C=O) groups excluding carboxylic acids is 1. The molecule has 1 saturated heterocycles. The minimum Gasteiger partial charge on any atom is -0.465 e. The number of aliphatic hydroxyl groups is 1. The molecule has 3 heterocycles. The number of esters is 1. The van der Waals surface area contributed by atoms with E-state index in [4.69, 9.17) is 41.9 Å². The Morgan fingerprint density at radius 3 is 2.75 bits per heavy atom. The van der Waals surface area contributed by atoms with Crippen LogP contribution < -0.4 is 14.9 Å². The first-order valence-corrected chi connectivity index (χ1v) is 15.6. The molecule has 16 heteroatoms. The van der Waals surface area contributed by atoms with Crippen molar-refractivity contribution in [1.82, 2.24) is 24.6 Å². The highest BCUT2D eigenvalue weighted by molar-refractivity contribution is 8.09. The number of aromatic nitrogens is 4. The van der Waals surface area contributed by atoms with Crippen molar-refractivity contribution in [2.24, 2.45) is 0 Å². The zero-order valence-corrected chi connectivity index (χ0v) is 24.8. The van der Waals surface area contributed by atoms with E-state index in [0.29, 0.717) is 28.6 Å². The predicted octanol–water partition coefficient (Wildman–Crippen LogP) is 3.24. The number of fused-ring (bicyclic) bond motifs is 1. The zero-order chi connectivity index (χ0) is 29.1. The zero-order valence-electron chi connectivity index (χ0n) is 22.3. The lowest BCUT2D eigenvalue weighted by Gasteiger charge is -2.33. The van der Waals surface area contributed by atoms with Crippen LogP contribution in [0.25, 0.3) is 11.2 Å². The lowest BCUT2D eigenvalue weighted by molar-refractivity contribution is -0.144. The molecule has 0 saturated carbocycles. The summed E-state index contributed by atoms with van der Waals surface area (Å²) in [6.07, 6.45) is -3.60. The van der Waals surface area contributed by atoms with Crippen LogP contribution in [-0.4, -0.2) is 80.7 Å². The third-order valence-corrected chi connectivity index (χ3v) is 9.11. The van der Waals surface area contributed by atoms with Crippen LogP contribution in [0.4, 0.5) is 10.2 Å². The van der Waals surface area contributed by atoms with Crippen molar-refractivity contribution in [3.8, 4) is 5.75 Å². The Labute approximate surface area is 240 Å². The molecule has 12 nitrogen and oxygen atoms in total. The van der Waals surface area contributed by atoms with E-state index in [2.05, 4.69) is 25.4 Å². The van der Waals surface area contributed by atoms with Gasteiger partial charge in [-0.1, -0.05) is 18.2 Å². The van der Waals surface area contributed by atoms with Crippen molar-refractivity contribution in [2.45, 2.75) is 50.9 Å². The number of hydrogen-bond acceptors (Lipinski definition) is 11. The Bertz CT molecular complexity index is 1390. The molecule has 0 unspecified atom stereocenters. The number of imidazole rings is 1. The number of benzene rings is 1. The van der Waals surface area contributed by atoms with Gasteiger partial charge in [0.05, 0.1) is 25.4 Å². The molecule has 0 radical (unpaired) electrons. The van der Waals surface area contributed by atoms with Crippen LogP contribution >= 0.6 is 18.2 Å². The summed E-state index contributed by atoms with van der Waals surface area (Å²) in [7, 11) is 1.68. The molecule has 0 amide bonds. The number of hydrogen-bond donors (Lipinski definition) is 3. The van der Waals surface area contributed by atoms with Crippen molar-refractivity contribution >= 4 is 53.0 Å². The lowest BCUT2D eigenvalue weighted by Crippen LogP contribution is -2.48. The van der Waals surface area contributed by atoms with Crippen LogP contribution in [0.5, 0.6) is 5.75 Å². The number of ether oxygens (including phenoxy) is 2. The molecule has 3 aromatic rings. The molecule has 1 aliphatic rings. The van der Waals surface area contributed by atoms with Gasteiger partial charge in [-0.15, -0.1) is 11.6 Å². The van der Waals surface area contributed by atoms with E-state index in [1.807, 2.05) is 0 Å². The Balaban J connectivity index is 1.61. The number of aryl methyl sites for hydroxylation is 1. The van der Waals surface area contributed by atoms with Crippen molar-refractivity contribution in [3.63, 3.8) is 0 Å². The van der Waals surface area contributed by atoms with Gasteiger partial charge in [0.1, 0.15) is 29.3 Å². The molecule has 4 rings (SSSR count). The van der Waals surface area contributed by atoms with Gasteiger partial charge in [-0.2, -0.15) is 0 Å². The minimum absolute atomic E-state index is 0.173. The van der Waals surface area contributed by atoms with Crippen LogP contribution in [0.3, 0.4) is 0 Å².